The number of aromatic nitrogens is 2. The third-order valence-corrected chi connectivity index (χ3v) is 4.10. The van der Waals surface area contributed by atoms with Gasteiger partial charge in [-0.25, -0.2) is 0 Å². The highest BCUT2D eigenvalue weighted by Crippen LogP contribution is 2.12. The van der Waals surface area contributed by atoms with Crippen LogP contribution in [0.5, 0.6) is 0 Å². The normalized spacial score (nSPS) is 23.2. The molecule has 0 radical (unpaired) electrons. The Morgan fingerprint density at radius 1 is 1.56 bits per heavy atom. The van der Waals surface area contributed by atoms with E-state index in [9.17, 15) is 0 Å². The molecule has 0 bridgehead atoms. The monoisotopic (exact) mass is 250 g/mol. The highest BCUT2D eigenvalue weighted by molar-refractivity contribution is 5.04. The summed E-state index contributed by atoms with van der Waals surface area (Å²) in [5, 5.41) is 7.87. The lowest BCUT2D eigenvalue weighted by atomic mass is 9.97. The molecule has 2 atom stereocenters. The third kappa shape index (κ3) is 3.56. The fourth-order valence-electron chi connectivity index (χ4n) is 2.60. The Balaban J connectivity index is 1.79. The Labute approximate surface area is 110 Å². The summed E-state index contributed by atoms with van der Waals surface area (Å²) in [6.07, 6.45) is 6.47. The Morgan fingerprint density at radius 3 is 3.06 bits per heavy atom. The summed E-state index contributed by atoms with van der Waals surface area (Å²) in [6.45, 7) is 9.27. The first-order valence-electron chi connectivity index (χ1n) is 7.12. The van der Waals surface area contributed by atoms with Gasteiger partial charge in [-0.05, 0) is 17.9 Å². The average molecular weight is 250 g/mol. The van der Waals surface area contributed by atoms with Crippen molar-refractivity contribution in [2.75, 3.05) is 26.2 Å². The summed E-state index contributed by atoms with van der Waals surface area (Å²) in [6, 6.07) is 0.664. The van der Waals surface area contributed by atoms with Gasteiger partial charge in [0.25, 0.3) is 0 Å². The molecule has 1 aromatic heterocycles. The lowest BCUT2D eigenvalue weighted by Gasteiger charge is -2.36. The number of hydrogen-bond acceptors (Lipinski definition) is 3. The van der Waals surface area contributed by atoms with E-state index in [1.807, 2.05) is 17.9 Å². The van der Waals surface area contributed by atoms with Gasteiger partial charge in [0.05, 0.1) is 6.20 Å². The molecule has 0 aliphatic carbocycles. The molecule has 1 N–H and O–H groups in total. The fraction of sp³-hybridized carbons (Fsp3) is 0.786. The lowest BCUT2D eigenvalue weighted by molar-refractivity contribution is 0.170. The summed E-state index contributed by atoms with van der Waals surface area (Å²) in [4.78, 5) is 2.58. The van der Waals surface area contributed by atoms with Crippen molar-refractivity contribution in [1.82, 2.24) is 20.0 Å². The van der Waals surface area contributed by atoms with E-state index < -0.39 is 0 Å². The lowest BCUT2D eigenvalue weighted by Crippen LogP contribution is -2.53. The second-order valence-corrected chi connectivity index (χ2v) is 5.52. The van der Waals surface area contributed by atoms with E-state index in [1.165, 1.54) is 25.1 Å². The second-order valence-electron chi connectivity index (χ2n) is 5.52. The van der Waals surface area contributed by atoms with Crippen LogP contribution in [0.25, 0.3) is 0 Å². The van der Waals surface area contributed by atoms with E-state index in [-0.39, 0.29) is 0 Å². The molecule has 4 nitrogen and oxygen atoms in total. The van der Waals surface area contributed by atoms with Crippen molar-refractivity contribution >= 4 is 0 Å². The minimum Gasteiger partial charge on any atom is -0.311 e. The number of aryl methyl sites for hydroxylation is 1. The van der Waals surface area contributed by atoms with Crippen LogP contribution >= 0.6 is 0 Å². The van der Waals surface area contributed by atoms with Gasteiger partial charge in [-0.1, -0.05) is 20.3 Å². The Bertz CT molecular complexity index is 360. The zero-order valence-corrected chi connectivity index (χ0v) is 11.9. The molecule has 1 aliphatic heterocycles. The average Bonchev–Trinajstić information content (AvgIpc) is 2.81. The number of nitrogens with one attached hydrogen (secondary N) is 1. The van der Waals surface area contributed by atoms with E-state index >= 15 is 0 Å². The molecule has 1 fully saturated rings. The van der Waals surface area contributed by atoms with Crippen molar-refractivity contribution in [2.24, 2.45) is 13.0 Å². The maximum absolute atomic E-state index is 4.22. The van der Waals surface area contributed by atoms with Crippen molar-refractivity contribution in [3.05, 3.63) is 18.0 Å². The van der Waals surface area contributed by atoms with Crippen molar-refractivity contribution in [3.8, 4) is 0 Å². The van der Waals surface area contributed by atoms with Crippen LogP contribution in [0.15, 0.2) is 12.4 Å². The highest BCUT2D eigenvalue weighted by atomic mass is 15.2. The van der Waals surface area contributed by atoms with E-state index in [2.05, 4.69) is 35.4 Å². The number of rotatable bonds is 5. The quantitative estimate of drug-likeness (QED) is 0.854. The molecule has 4 heteroatoms. The molecular formula is C14H26N4. The topological polar surface area (TPSA) is 33.1 Å². The SMILES string of the molecule is CCC(C)C1CN(CCc2cnn(C)c2)CCN1. The zero-order valence-electron chi connectivity index (χ0n) is 11.9. The summed E-state index contributed by atoms with van der Waals surface area (Å²) in [5.41, 5.74) is 1.34. The standard InChI is InChI=1S/C14H26N4/c1-4-12(2)14-11-18(8-6-15-14)7-5-13-9-16-17(3)10-13/h9-10,12,14-15H,4-8,11H2,1-3H3. The van der Waals surface area contributed by atoms with E-state index in [1.54, 1.807) is 0 Å². The van der Waals surface area contributed by atoms with Crippen LogP contribution in [0.4, 0.5) is 0 Å². The van der Waals surface area contributed by atoms with Crippen LogP contribution in [-0.4, -0.2) is 46.9 Å². The Hall–Kier alpha value is -0.870. The van der Waals surface area contributed by atoms with Crippen LogP contribution in [-0.2, 0) is 13.5 Å². The van der Waals surface area contributed by atoms with Gasteiger partial charge in [-0.2, -0.15) is 5.10 Å². The minimum absolute atomic E-state index is 0.664. The van der Waals surface area contributed by atoms with Crippen LogP contribution in [0, 0.1) is 5.92 Å². The third-order valence-electron chi connectivity index (χ3n) is 4.10. The van der Waals surface area contributed by atoms with Crippen molar-refractivity contribution < 1.29 is 0 Å². The van der Waals surface area contributed by atoms with Crippen molar-refractivity contribution in [1.29, 1.82) is 0 Å². The molecule has 1 saturated heterocycles. The maximum atomic E-state index is 4.22. The number of piperazine rings is 1. The first-order valence-corrected chi connectivity index (χ1v) is 7.12. The minimum atomic E-state index is 0.664. The molecule has 0 aromatic carbocycles. The largest absolute Gasteiger partial charge is 0.311 e. The van der Waals surface area contributed by atoms with Gasteiger partial charge in [-0.15, -0.1) is 0 Å². The molecular weight excluding hydrogens is 224 g/mol. The van der Waals surface area contributed by atoms with Gasteiger partial charge in [-0.3, -0.25) is 4.68 Å². The van der Waals surface area contributed by atoms with Crippen molar-refractivity contribution in [3.63, 3.8) is 0 Å². The second kappa shape index (κ2) is 6.34. The Morgan fingerprint density at radius 2 is 2.39 bits per heavy atom. The number of nitrogens with zero attached hydrogens (tertiary/aromatic N) is 3. The van der Waals surface area contributed by atoms with Crippen molar-refractivity contribution in [2.45, 2.75) is 32.7 Å². The molecule has 0 spiro atoms. The maximum Gasteiger partial charge on any atom is 0.0522 e. The van der Waals surface area contributed by atoms with Crippen LogP contribution < -0.4 is 5.32 Å². The van der Waals surface area contributed by atoms with Gasteiger partial charge < -0.3 is 10.2 Å². The first-order chi connectivity index (χ1) is 8.69. The predicted molar refractivity (Wildman–Crippen MR) is 74.6 cm³/mol. The Kier molecular flexibility index (Phi) is 4.78. The number of hydrogen-bond donors (Lipinski definition) is 1. The first kappa shape index (κ1) is 13.6. The molecule has 18 heavy (non-hydrogen) atoms. The van der Waals surface area contributed by atoms with Gasteiger partial charge in [0.15, 0.2) is 0 Å². The molecule has 0 saturated carbocycles. The van der Waals surface area contributed by atoms with Gasteiger partial charge >= 0.3 is 0 Å². The van der Waals surface area contributed by atoms with Gasteiger partial charge in [0.1, 0.15) is 0 Å². The van der Waals surface area contributed by atoms with E-state index in [0.717, 1.165) is 25.4 Å². The molecule has 1 aromatic rings. The molecule has 1 aliphatic rings. The molecule has 2 rings (SSSR count). The van der Waals surface area contributed by atoms with Crippen LogP contribution in [0.2, 0.25) is 0 Å². The fourth-order valence-corrected chi connectivity index (χ4v) is 2.60. The van der Waals surface area contributed by atoms with E-state index in [4.69, 9.17) is 0 Å². The van der Waals surface area contributed by atoms with E-state index in [0.29, 0.717) is 6.04 Å². The molecule has 0 amide bonds. The molecule has 2 unspecified atom stereocenters. The van der Waals surface area contributed by atoms with Gasteiger partial charge in [0.2, 0.25) is 0 Å². The summed E-state index contributed by atoms with van der Waals surface area (Å²) >= 11 is 0. The van der Waals surface area contributed by atoms with Crippen LogP contribution in [0.1, 0.15) is 25.8 Å². The summed E-state index contributed by atoms with van der Waals surface area (Å²) in [7, 11) is 1.98. The summed E-state index contributed by atoms with van der Waals surface area (Å²) < 4.78 is 1.88. The molecule has 102 valence electrons. The zero-order chi connectivity index (χ0) is 13.0. The van der Waals surface area contributed by atoms with Crippen LogP contribution in [0.3, 0.4) is 0 Å². The van der Waals surface area contributed by atoms with Gasteiger partial charge in [0, 0.05) is 45.5 Å². The highest BCUT2D eigenvalue weighted by Gasteiger charge is 2.22. The molecule has 2 heterocycles. The smallest absolute Gasteiger partial charge is 0.0522 e. The summed E-state index contributed by atoms with van der Waals surface area (Å²) in [5.74, 6) is 0.770. The predicted octanol–water partition coefficient (Wildman–Crippen LogP) is 1.28.